The molecule has 1 aliphatic rings. The van der Waals surface area contributed by atoms with Crippen LogP contribution in [0.5, 0.6) is 17.4 Å². The van der Waals surface area contributed by atoms with Crippen LogP contribution < -0.4 is 14.2 Å². The number of halogens is 2. The van der Waals surface area contributed by atoms with Gasteiger partial charge in [0.2, 0.25) is 11.7 Å². The molecular weight excluding hydrogens is 452 g/mol. The van der Waals surface area contributed by atoms with Gasteiger partial charge < -0.3 is 14.2 Å². The van der Waals surface area contributed by atoms with Crippen LogP contribution in [0.1, 0.15) is 24.1 Å². The molecule has 0 saturated carbocycles. The van der Waals surface area contributed by atoms with Gasteiger partial charge in [-0.25, -0.2) is 13.5 Å². The van der Waals surface area contributed by atoms with Crippen molar-refractivity contribution < 1.29 is 23.0 Å². The summed E-state index contributed by atoms with van der Waals surface area (Å²) in [6.45, 7) is 1.68. The normalized spacial score (nSPS) is 15.3. The van der Waals surface area contributed by atoms with E-state index in [-0.39, 0.29) is 23.9 Å². The van der Waals surface area contributed by atoms with E-state index in [4.69, 9.17) is 9.47 Å². The molecule has 1 aliphatic heterocycles. The van der Waals surface area contributed by atoms with Gasteiger partial charge in [-0.2, -0.15) is 9.49 Å². The van der Waals surface area contributed by atoms with Crippen LogP contribution in [-0.4, -0.2) is 39.6 Å². The van der Waals surface area contributed by atoms with Crippen molar-refractivity contribution in [2.45, 2.75) is 19.5 Å². The highest BCUT2D eigenvalue weighted by Gasteiger charge is 2.35. The Morgan fingerprint density at radius 2 is 2.00 bits per heavy atom. The van der Waals surface area contributed by atoms with Crippen LogP contribution in [0.25, 0.3) is 0 Å². The summed E-state index contributed by atoms with van der Waals surface area (Å²) in [4.78, 5) is 14.1. The minimum absolute atomic E-state index is 0.0487. The first-order valence-corrected chi connectivity index (χ1v) is 10.8. The molecule has 0 spiro atoms. The first kappa shape index (κ1) is 22.7. The van der Waals surface area contributed by atoms with E-state index in [9.17, 15) is 9.18 Å². The third kappa shape index (κ3) is 4.83. The summed E-state index contributed by atoms with van der Waals surface area (Å²) in [6.07, 6.45) is 0.676. The number of aromatic nitrogens is 2. The largest absolute Gasteiger partial charge is 0.434 e. The molecule has 4 rings (SSSR count). The maximum atomic E-state index is 15.1. The molecule has 11 heteroatoms. The summed E-state index contributed by atoms with van der Waals surface area (Å²) >= 11 is 1.22. The number of nitrogens with zero attached hydrogens (tertiary/aromatic N) is 4. The quantitative estimate of drug-likeness (QED) is 0.472. The lowest BCUT2D eigenvalue weighted by molar-refractivity contribution is 0.114. The number of fused-ring (bicyclic) bond motifs is 1. The first-order chi connectivity index (χ1) is 15.8. The lowest BCUT2D eigenvalue weighted by Gasteiger charge is -2.34. The van der Waals surface area contributed by atoms with Crippen LogP contribution >= 0.6 is 12.1 Å². The van der Waals surface area contributed by atoms with Crippen molar-refractivity contribution in [1.29, 1.82) is 0 Å². The van der Waals surface area contributed by atoms with Crippen LogP contribution in [-0.2, 0) is 6.54 Å². The van der Waals surface area contributed by atoms with Crippen molar-refractivity contribution in [3.05, 3.63) is 71.4 Å². The minimum Gasteiger partial charge on any atom is -0.434 e. The van der Waals surface area contributed by atoms with Crippen molar-refractivity contribution in [2.24, 2.45) is 0 Å². The standard InChI is InChI=1S/C22H21F2N5O3S/c1-13-15-9-10-17(31-18-8-5-11-25-26-18)20(24)21(15)32-22(30)29(13)12-14-6-4-7-16(19(14)23)27-33-28(2)3/h4-11,13,27H,12H2,1-3H3. The lowest BCUT2D eigenvalue weighted by atomic mass is 10.0. The fourth-order valence-electron chi connectivity index (χ4n) is 3.30. The summed E-state index contributed by atoms with van der Waals surface area (Å²) in [5.74, 6) is -1.56. The SMILES string of the molecule is CC1c2ccc(Oc3cccnn3)c(F)c2OC(=O)N1Cc1cccc(NSN(C)C)c1F. The van der Waals surface area contributed by atoms with E-state index in [0.717, 1.165) is 0 Å². The van der Waals surface area contributed by atoms with E-state index in [1.165, 1.54) is 35.4 Å². The predicted octanol–water partition coefficient (Wildman–Crippen LogP) is 5.16. The van der Waals surface area contributed by atoms with Gasteiger partial charge in [-0.05, 0) is 45.3 Å². The molecule has 1 unspecified atom stereocenters. The molecular formula is C22H21F2N5O3S. The topological polar surface area (TPSA) is 79.8 Å². The Kier molecular flexibility index (Phi) is 6.61. The number of benzene rings is 2. The van der Waals surface area contributed by atoms with Gasteiger partial charge in [-0.1, -0.05) is 12.1 Å². The van der Waals surface area contributed by atoms with E-state index < -0.39 is 23.8 Å². The molecule has 1 atom stereocenters. The van der Waals surface area contributed by atoms with Gasteiger partial charge in [0.05, 0.1) is 18.3 Å². The van der Waals surface area contributed by atoms with Crippen molar-refractivity contribution >= 4 is 23.9 Å². The van der Waals surface area contributed by atoms with Crippen LogP contribution in [0.2, 0.25) is 0 Å². The van der Waals surface area contributed by atoms with Gasteiger partial charge in [0.25, 0.3) is 0 Å². The first-order valence-electron chi connectivity index (χ1n) is 9.99. The Morgan fingerprint density at radius 1 is 1.18 bits per heavy atom. The zero-order valence-electron chi connectivity index (χ0n) is 18.1. The lowest BCUT2D eigenvalue weighted by Crippen LogP contribution is -2.39. The van der Waals surface area contributed by atoms with Gasteiger partial charge in [-0.3, -0.25) is 4.90 Å². The highest BCUT2D eigenvalue weighted by atomic mass is 32.2. The fraction of sp³-hybridized carbons (Fsp3) is 0.227. The smallest absolute Gasteiger partial charge is 0.416 e. The Hall–Kier alpha value is -3.44. The number of rotatable bonds is 7. The molecule has 0 bridgehead atoms. The molecule has 172 valence electrons. The summed E-state index contributed by atoms with van der Waals surface area (Å²) in [5.41, 5.74) is 1.03. The second-order valence-corrected chi connectivity index (χ2v) is 8.53. The predicted molar refractivity (Wildman–Crippen MR) is 120 cm³/mol. The van der Waals surface area contributed by atoms with Crippen molar-refractivity contribution in [3.8, 4) is 17.4 Å². The van der Waals surface area contributed by atoms with E-state index in [2.05, 4.69) is 14.9 Å². The molecule has 0 fully saturated rings. The maximum absolute atomic E-state index is 15.1. The molecule has 0 saturated heterocycles. The second kappa shape index (κ2) is 9.59. The average molecular weight is 474 g/mol. The number of nitrogens with one attached hydrogen (secondary N) is 1. The van der Waals surface area contributed by atoms with E-state index in [1.54, 1.807) is 41.6 Å². The van der Waals surface area contributed by atoms with Crippen LogP contribution in [0, 0.1) is 11.6 Å². The average Bonchev–Trinajstić information content (AvgIpc) is 2.79. The van der Waals surface area contributed by atoms with E-state index >= 15 is 4.39 Å². The molecule has 1 N–H and O–H groups in total. The van der Waals surface area contributed by atoms with Crippen LogP contribution in [0.15, 0.2) is 48.7 Å². The third-order valence-corrected chi connectivity index (χ3v) is 5.63. The van der Waals surface area contributed by atoms with Crippen LogP contribution in [0.3, 0.4) is 0 Å². The van der Waals surface area contributed by atoms with Crippen molar-refractivity contribution in [3.63, 3.8) is 0 Å². The van der Waals surface area contributed by atoms with Gasteiger partial charge in [0.1, 0.15) is 0 Å². The molecule has 2 heterocycles. The fourth-order valence-corrected chi connectivity index (χ4v) is 3.74. The second-order valence-electron chi connectivity index (χ2n) is 7.42. The molecule has 0 aliphatic carbocycles. The molecule has 0 radical (unpaired) electrons. The number of hydrogen-bond acceptors (Lipinski definition) is 8. The van der Waals surface area contributed by atoms with Gasteiger partial charge in [0.15, 0.2) is 17.3 Å². The Labute approximate surface area is 193 Å². The summed E-state index contributed by atoms with van der Waals surface area (Å²) < 4.78 is 45.5. The van der Waals surface area contributed by atoms with Crippen molar-refractivity contribution in [1.82, 2.24) is 19.4 Å². The molecule has 8 nitrogen and oxygen atoms in total. The number of amides is 1. The number of ether oxygens (including phenoxy) is 2. The highest BCUT2D eigenvalue weighted by Crippen LogP contribution is 2.41. The summed E-state index contributed by atoms with van der Waals surface area (Å²) in [5, 5.41) is 7.43. The minimum atomic E-state index is -0.823. The van der Waals surface area contributed by atoms with E-state index in [1.807, 2.05) is 14.1 Å². The molecule has 1 amide bonds. The number of carbonyl (C=O) groups is 1. The van der Waals surface area contributed by atoms with Gasteiger partial charge in [-0.15, -0.1) is 5.10 Å². The highest BCUT2D eigenvalue weighted by molar-refractivity contribution is 7.98. The van der Waals surface area contributed by atoms with Gasteiger partial charge >= 0.3 is 6.09 Å². The summed E-state index contributed by atoms with van der Waals surface area (Å²) in [6, 6.07) is 10.5. The zero-order chi connectivity index (χ0) is 23.5. The van der Waals surface area contributed by atoms with Crippen LogP contribution in [0.4, 0.5) is 19.3 Å². The monoisotopic (exact) mass is 473 g/mol. The zero-order valence-corrected chi connectivity index (χ0v) is 18.9. The number of anilines is 1. The van der Waals surface area contributed by atoms with Crippen molar-refractivity contribution in [2.75, 3.05) is 18.8 Å². The third-order valence-electron chi connectivity index (χ3n) is 4.95. The molecule has 33 heavy (non-hydrogen) atoms. The number of hydrogen-bond donors (Lipinski definition) is 1. The Balaban J connectivity index is 1.57. The van der Waals surface area contributed by atoms with E-state index in [0.29, 0.717) is 16.8 Å². The Bertz CT molecular complexity index is 1170. The molecule has 1 aromatic heterocycles. The molecule has 2 aromatic carbocycles. The van der Waals surface area contributed by atoms with Gasteiger partial charge in [0, 0.05) is 35.5 Å². The number of carbonyl (C=O) groups excluding carboxylic acids is 1. The maximum Gasteiger partial charge on any atom is 0.416 e. The molecule has 3 aromatic rings. The summed E-state index contributed by atoms with van der Waals surface area (Å²) in [7, 11) is 3.65. The Morgan fingerprint density at radius 3 is 2.73 bits per heavy atom.